The molecule has 0 atom stereocenters. The molecule has 21 heavy (non-hydrogen) atoms. The van der Waals surface area contributed by atoms with Gasteiger partial charge in [-0.1, -0.05) is 6.92 Å². The van der Waals surface area contributed by atoms with E-state index in [9.17, 15) is 0 Å². The van der Waals surface area contributed by atoms with Crippen LogP contribution < -0.4 is 10.2 Å². The lowest BCUT2D eigenvalue weighted by molar-refractivity contribution is 0.00578. The van der Waals surface area contributed by atoms with Crippen molar-refractivity contribution in [3.63, 3.8) is 0 Å². The molecular weight excluding hydrogens is 265 g/mol. The van der Waals surface area contributed by atoms with E-state index in [1.54, 1.807) is 0 Å². The number of aromatic nitrogens is 1. The molecule has 0 amide bonds. The Bertz CT molecular complexity index is 524. The minimum atomic E-state index is -0.414. The van der Waals surface area contributed by atoms with Crippen molar-refractivity contribution >= 4 is 12.6 Å². The van der Waals surface area contributed by atoms with Gasteiger partial charge in [0.15, 0.2) is 0 Å². The van der Waals surface area contributed by atoms with Gasteiger partial charge >= 0.3 is 7.12 Å². The summed E-state index contributed by atoms with van der Waals surface area (Å²) in [5.74, 6) is 0.911. The van der Waals surface area contributed by atoms with E-state index in [1.165, 1.54) is 0 Å². The molecule has 0 N–H and O–H groups in total. The monoisotopic (exact) mass is 289 g/mol. The van der Waals surface area contributed by atoms with Gasteiger partial charge < -0.3 is 14.0 Å². The van der Waals surface area contributed by atoms with Crippen LogP contribution in [0.4, 0.5) is 0 Å². The molecule has 4 nitrogen and oxygen atoms in total. The van der Waals surface area contributed by atoms with Crippen molar-refractivity contribution in [2.45, 2.75) is 71.2 Å². The standard InChI is InChI=1S/C16H24BNO3/c1-6-11-9-18-10-13(14(11)19-12-7-8-12)17-20-15(2,3)16(4,5)21-17/h9-10,12H,6-8H2,1-5H3. The molecule has 1 aromatic rings. The lowest BCUT2D eigenvalue weighted by Crippen LogP contribution is -2.41. The zero-order valence-electron chi connectivity index (χ0n) is 13.6. The zero-order valence-corrected chi connectivity index (χ0v) is 13.6. The van der Waals surface area contributed by atoms with E-state index in [4.69, 9.17) is 14.0 Å². The normalized spacial score (nSPS) is 23.4. The van der Waals surface area contributed by atoms with Crippen molar-refractivity contribution in [2.75, 3.05) is 0 Å². The Balaban J connectivity index is 1.95. The van der Waals surface area contributed by atoms with Gasteiger partial charge in [-0.05, 0) is 47.0 Å². The van der Waals surface area contributed by atoms with Crippen molar-refractivity contribution in [2.24, 2.45) is 0 Å². The summed E-state index contributed by atoms with van der Waals surface area (Å²) in [6, 6.07) is 0. The van der Waals surface area contributed by atoms with Crippen LogP contribution in [0, 0.1) is 0 Å². The summed E-state index contributed by atoms with van der Waals surface area (Å²) in [6.07, 6.45) is 7.20. The third-order valence-corrected chi connectivity index (χ3v) is 4.69. The number of ether oxygens (including phenoxy) is 1. The van der Waals surface area contributed by atoms with Crippen LogP contribution in [-0.2, 0) is 15.7 Å². The lowest BCUT2D eigenvalue weighted by atomic mass is 9.78. The van der Waals surface area contributed by atoms with Gasteiger partial charge in [-0.3, -0.25) is 4.98 Å². The molecule has 2 aliphatic rings. The lowest BCUT2D eigenvalue weighted by Gasteiger charge is -2.32. The van der Waals surface area contributed by atoms with Crippen LogP contribution >= 0.6 is 0 Å². The van der Waals surface area contributed by atoms with Crippen molar-refractivity contribution in [3.8, 4) is 5.75 Å². The highest BCUT2D eigenvalue weighted by molar-refractivity contribution is 6.63. The maximum Gasteiger partial charge on any atom is 0.500 e. The third kappa shape index (κ3) is 2.69. The van der Waals surface area contributed by atoms with E-state index < -0.39 is 7.12 Å². The first-order valence-electron chi connectivity index (χ1n) is 7.83. The average Bonchev–Trinajstić information content (AvgIpc) is 3.17. The highest BCUT2D eigenvalue weighted by Gasteiger charge is 2.53. The summed E-state index contributed by atoms with van der Waals surface area (Å²) >= 11 is 0. The second-order valence-electron chi connectivity index (χ2n) is 6.98. The molecule has 3 rings (SSSR count). The quantitative estimate of drug-likeness (QED) is 0.798. The fraction of sp³-hybridized carbons (Fsp3) is 0.688. The molecule has 2 heterocycles. The topological polar surface area (TPSA) is 40.6 Å². The number of aryl methyl sites for hydroxylation is 1. The zero-order chi connectivity index (χ0) is 15.3. The SMILES string of the molecule is CCc1cncc(B2OC(C)(C)C(C)(C)O2)c1OC1CC1. The fourth-order valence-corrected chi connectivity index (χ4v) is 2.40. The fourth-order valence-electron chi connectivity index (χ4n) is 2.40. The summed E-state index contributed by atoms with van der Waals surface area (Å²) in [4.78, 5) is 4.34. The van der Waals surface area contributed by atoms with Gasteiger partial charge in [0.05, 0.1) is 17.3 Å². The van der Waals surface area contributed by atoms with E-state index in [2.05, 4.69) is 39.6 Å². The van der Waals surface area contributed by atoms with Crippen LogP contribution in [0.1, 0.15) is 53.0 Å². The first kappa shape index (κ1) is 14.9. The van der Waals surface area contributed by atoms with Gasteiger partial charge in [0.25, 0.3) is 0 Å². The van der Waals surface area contributed by atoms with Gasteiger partial charge in [0.2, 0.25) is 0 Å². The maximum absolute atomic E-state index is 6.15. The second kappa shape index (κ2) is 4.99. The third-order valence-electron chi connectivity index (χ3n) is 4.69. The molecule has 1 saturated carbocycles. The number of hydrogen-bond acceptors (Lipinski definition) is 4. The minimum absolute atomic E-state index is 0.346. The first-order valence-corrected chi connectivity index (χ1v) is 7.83. The largest absolute Gasteiger partial charge is 0.500 e. The van der Waals surface area contributed by atoms with Crippen LogP contribution in [0.25, 0.3) is 0 Å². The average molecular weight is 289 g/mol. The second-order valence-corrected chi connectivity index (χ2v) is 6.98. The summed E-state index contributed by atoms with van der Waals surface area (Å²) in [7, 11) is -0.414. The van der Waals surface area contributed by atoms with Crippen molar-refractivity contribution < 1.29 is 14.0 Å². The van der Waals surface area contributed by atoms with Gasteiger partial charge in [-0.15, -0.1) is 0 Å². The predicted octanol–water partition coefficient (Wildman–Crippen LogP) is 2.48. The number of nitrogens with zero attached hydrogens (tertiary/aromatic N) is 1. The summed E-state index contributed by atoms with van der Waals surface area (Å²) in [6.45, 7) is 10.4. The Morgan fingerprint density at radius 1 is 1.19 bits per heavy atom. The predicted molar refractivity (Wildman–Crippen MR) is 83.0 cm³/mol. The van der Waals surface area contributed by atoms with Gasteiger partial charge in [-0.2, -0.15) is 0 Å². The Morgan fingerprint density at radius 3 is 2.33 bits per heavy atom. The molecule has 2 fully saturated rings. The molecule has 1 saturated heterocycles. The molecule has 114 valence electrons. The van der Waals surface area contributed by atoms with E-state index >= 15 is 0 Å². The maximum atomic E-state index is 6.15. The number of pyridine rings is 1. The Morgan fingerprint density at radius 2 is 1.81 bits per heavy atom. The van der Waals surface area contributed by atoms with Crippen molar-refractivity contribution in [3.05, 3.63) is 18.0 Å². The highest BCUT2D eigenvalue weighted by atomic mass is 16.7. The number of hydrogen-bond donors (Lipinski definition) is 0. The van der Waals surface area contributed by atoms with Crippen LogP contribution in [-0.4, -0.2) is 29.4 Å². The Hall–Kier alpha value is -1.07. The van der Waals surface area contributed by atoms with Crippen molar-refractivity contribution in [1.82, 2.24) is 4.98 Å². The molecule has 0 aromatic carbocycles. The van der Waals surface area contributed by atoms with E-state index in [0.29, 0.717) is 6.10 Å². The van der Waals surface area contributed by atoms with E-state index in [1.807, 2.05) is 12.4 Å². The van der Waals surface area contributed by atoms with Crippen LogP contribution in [0.3, 0.4) is 0 Å². The highest BCUT2D eigenvalue weighted by Crippen LogP contribution is 2.38. The Kier molecular flexibility index (Phi) is 3.53. The van der Waals surface area contributed by atoms with Gasteiger partial charge in [0.1, 0.15) is 5.75 Å². The van der Waals surface area contributed by atoms with Gasteiger partial charge in [-0.25, -0.2) is 0 Å². The van der Waals surface area contributed by atoms with Crippen LogP contribution in [0.5, 0.6) is 5.75 Å². The molecule has 0 bridgehead atoms. The Labute approximate surface area is 127 Å². The molecule has 0 unspecified atom stereocenters. The van der Waals surface area contributed by atoms with Crippen molar-refractivity contribution in [1.29, 1.82) is 0 Å². The molecule has 1 aliphatic heterocycles. The smallest absolute Gasteiger partial charge is 0.490 e. The first-order chi connectivity index (χ1) is 9.84. The molecule has 0 radical (unpaired) electrons. The molecular formula is C16H24BNO3. The van der Waals surface area contributed by atoms with Crippen LogP contribution in [0.2, 0.25) is 0 Å². The van der Waals surface area contributed by atoms with E-state index in [0.717, 1.165) is 36.0 Å². The summed E-state index contributed by atoms with van der Waals surface area (Å²) in [5.41, 5.74) is 1.34. The molecule has 1 aromatic heterocycles. The van der Waals surface area contributed by atoms with E-state index in [-0.39, 0.29) is 11.2 Å². The number of rotatable bonds is 4. The minimum Gasteiger partial charge on any atom is -0.490 e. The summed E-state index contributed by atoms with van der Waals surface area (Å²) in [5, 5.41) is 0. The van der Waals surface area contributed by atoms with Gasteiger partial charge in [0, 0.05) is 23.4 Å². The molecule has 1 aliphatic carbocycles. The molecule has 0 spiro atoms. The molecule has 5 heteroatoms. The van der Waals surface area contributed by atoms with Crippen LogP contribution in [0.15, 0.2) is 12.4 Å². The summed E-state index contributed by atoms with van der Waals surface area (Å²) < 4.78 is 18.4.